The second-order valence-electron chi connectivity index (χ2n) is 4.94. The third-order valence-corrected chi connectivity index (χ3v) is 3.56. The Kier molecular flexibility index (Phi) is 3.52. The third kappa shape index (κ3) is 2.44. The molecule has 0 saturated carbocycles. The number of anilines is 1. The normalized spacial score (nSPS) is 18.9. The second kappa shape index (κ2) is 5.46. The zero-order valence-electron chi connectivity index (χ0n) is 11.1. The van der Waals surface area contributed by atoms with Gasteiger partial charge in [0.1, 0.15) is 5.75 Å². The standard InChI is InChI=1S/C15H17N3O2/c16-15-11(14-7-3-4-8-20-14)9-12(17-18-15)10-5-1-2-6-13(10)19/h1-2,5-6,9,14,19H,3-4,7-8H2,(H2,16,18). The van der Waals surface area contributed by atoms with Gasteiger partial charge in [-0.3, -0.25) is 0 Å². The number of hydrogen-bond donors (Lipinski definition) is 2. The van der Waals surface area contributed by atoms with Gasteiger partial charge in [0.05, 0.1) is 11.8 Å². The number of rotatable bonds is 2. The topological polar surface area (TPSA) is 81.3 Å². The first-order chi connectivity index (χ1) is 9.75. The summed E-state index contributed by atoms with van der Waals surface area (Å²) in [5.74, 6) is 0.582. The minimum Gasteiger partial charge on any atom is -0.507 e. The first-order valence-electron chi connectivity index (χ1n) is 6.79. The summed E-state index contributed by atoms with van der Waals surface area (Å²) in [7, 11) is 0. The lowest BCUT2D eigenvalue weighted by Gasteiger charge is -2.23. The fourth-order valence-electron chi connectivity index (χ4n) is 2.48. The van der Waals surface area contributed by atoms with Crippen molar-refractivity contribution in [1.82, 2.24) is 10.2 Å². The van der Waals surface area contributed by atoms with E-state index in [-0.39, 0.29) is 11.9 Å². The van der Waals surface area contributed by atoms with Gasteiger partial charge in [-0.25, -0.2) is 0 Å². The van der Waals surface area contributed by atoms with Crippen LogP contribution in [0, 0.1) is 0 Å². The van der Waals surface area contributed by atoms with Gasteiger partial charge >= 0.3 is 0 Å². The van der Waals surface area contributed by atoms with Crippen molar-refractivity contribution in [1.29, 1.82) is 0 Å². The van der Waals surface area contributed by atoms with Gasteiger partial charge in [0.2, 0.25) is 0 Å². The molecule has 104 valence electrons. The van der Waals surface area contributed by atoms with E-state index >= 15 is 0 Å². The lowest BCUT2D eigenvalue weighted by atomic mass is 10.0. The number of para-hydroxylation sites is 1. The molecule has 1 saturated heterocycles. The molecule has 0 radical (unpaired) electrons. The summed E-state index contributed by atoms with van der Waals surface area (Å²) in [5, 5.41) is 18.0. The van der Waals surface area contributed by atoms with Crippen molar-refractivity contribution in [3.63, 3.8) is 0 Å². The number of hydrogen-bond acceptors (Lipinski definition) is 5. The van der Waals surface area contributed by atoms with E-state index in [0.29, 0.717) is 17.1 Å². The molecule has 1 aliphatic heterocycles. The van der Waals surface area contributed by atoms with Gasteiger partial charge in [-0.1, -0.05) is 12.1 Å². The van der Waals surface area contributed by atoms with Crippen molar-refractivity contribution < 1.29 is 9.84 Å². The predicted molar refractivity (Wildman–Crippen MR) is 76.1 cm³/mol. The van der Waals surface area contributed by atoms with Gasteiger partial charge in [0.25, 0.3) is 0 Å². The molecule has 2 heterocycles. The fraction of sp³-hybridized carbons (Fsp3) is 0.333. The van der Waals surface area contributed by atoms with E-state index in [1.807, 2.05) is 12.1 Å². The number of aromatic nitrogens is 2. The van der Waals surface area contributed by atoms with Gasteiger partial charge in [-0.2, -0.15) is 0 Å². The van der Waals surface area contributed by atoms with E-state index in [0.717, 1.165) is 31.4 Å². The Bertz CT molecular complexity index is 610. The maximum absolute atomic E-state index is 9.90. The Labute approximate surface area is 117 Å². The van der Waals surface area contributed by atoms with Crippen molar-refractivity contribution in [3.05, 3.63) is 35.9 Å². The van der Waals surface area contributed by atoms with Gasteiger partial charge in [0, 0.05) is 17.7 Å². The first kappa shape index (κ1) is 12.9. The SMILES string of the molecule is Nc1nnc(-c2ccccc2O)cc1C1CCCCO1. The van der Waals surface area contributed by atoms with Crippen LogP contribution in [-0.2, 0) is 4.74 Å². The summed E-state index contributed by atoms with van der Waals surface area (Å²) in [6, 6.07) is 8.93. The molecule has 1 aliphatic rings. The van der Waals surface area contributed by atoms with Crippen LogP contribution in [0.15, 0.2) is 30.3 Å². The number of phenolic OH excluding ortho intramolecular Hbond substituents is 1. The van der Waals surface area contributed by atoms with E-state index < -0.39 is 0 Å². The van der Waals surface area contributed by atoms with E-state index in [1.54, 1.807) is 18.2 Å². The molecular weight excluding hydrogens is 254 g/mol. The molecule has 0 bridgehead atoms. The van der Waals surface area contributed by atoms with Crippen LogP contribution < -0.4 is 5.73 Å². The van der Waals surface area contributed by atoms with Crippen molar-refractivity contribution in [2.24, 2.45) is 0 Å². The van der Waals surface area contributed by atoms with Crippen LogP contribution in [0.2, 0.25) is 0 Å². The van der Waals surface area contributed by atoms with Crippen molar-refractivity contribution in [2.75, 3.05) is 12.3 Å². The Morgan fingerprint density at radius 2 is 2.05 bits per heavy atom. The lowest BCUT2D eigenvalue weighted by molar-refractivity contribution is 0.0152. The molecule has 0 amide bonds. The molecule has 20 heavy (non-hydrogen) atoms. The summed E-state index contributed by atoms with van der Waals surface area (Å²) in [4.78, 5) is 0. The average Bonchev–Trinajstić information content (AvgIpc) is 2.49. The smallest absolute Gasteiger partial charge is 0.151 e. The molecule has 3 N–H and O–H groups in total. The Morgan fingerprint density at radius 1 is 1.20 bits per heavy atom. The highest BCUT2D eigenvalue weighted by Crippen LogP contribution is 2.34. The largest absolute Gasteiger partial charge is 0.507 e. The number of nitrogens with zero attached hydrogens (tertiary/aromatic N) is 2. The van der Waals surface area contributed by atoms with E-state index in [2.05, 4.69) is 10.2 Å². The summed E-state index contributed by atoms with van der Waals surface area (Å²) < 4.78 is 5.76. The van der Waals surface area contributed by atoms with E-state index in [1.165, 1.54) is 0 Å². The maximum Gasteiger partial charge on any atom is 0.151 e. The molecule has 1 aromatic carbocycles. The quantitative estimate of drug-likeness (QED) is 0.877. The molecule has 0 spiro atoms. The number of phenols is 1. The van der Waals surface area contributed by atoms with Crippen LogP contribution in [0.1, 0.15) is 30.9 Å². The highest BCUT2D eigenvalue weighted by molar-refractivity contribution is 5.67. The highest BCUT2D eigenvalue weighted by atomic mass is 16.5. The molecule has 1 fully saturated rings. The minimum absolute atomic E-state index is 0.0242. The summed E-state index contributed by atoms with van der Waals surface area (Å²) >= 11 is 0. The van der Waals surface area contributed by atoms with Crippen LogP contribution in [0.4, 0.5) is 5.82 Å². The number of nitrogens with two attached hydrogens (primary N) is 1. The van der Waals surface area contributed by atoms with Crippen molar-refractivity contribution in [3.8, 4) is 17.0 Å². The van der Waals surface area contributed by atoms with Gasteiger partial charge < -0.3 is 15.6 Å². The fourth-order valence-corrected chi connectivity index (χ4v) is 2.48. The number of nitrogen functional groups attached to an aromatic ring is 1. The van der Waals surface area contributed by atoms with Crippen LogP contribution in [-0.4, -0.2) is 21.9 Å². The van der Waals surface area contributed by atoms with Gasteiger partial charge in [-0.05, 0) is 37.5 Å². The van der Waals surface area contributed by atoms with Crippen molar-refractivity contribution >= 4 is 5.82 Å². The van der Waals surface area contributed by atoms with Crippen LogP contribution in [0.3, 0.4) is 0 Å². The monoisotopic (exact) mass is 271 g/mol. The molecule has 1 aromatic heterocycles. The summed E-state index contributed by atoms with van der Waals surface area (Å²) in [5.41, 5.74) is 8.04. The summed E-state index contributed by atoms with van der Waals surface area (Å²) in [6.07, 6.45) is 3.12. The average molecular weight is 271 g/mol. The third-order valence-electron chi connectivity index (χ3n) is 3.56. The Balaban J connectivity index is 2.00. The second-order valence-corrected chi connectivity index (χ2v) is 4.94. The Hall–Kier alpha value is -2.14. The number of benzene rings is 1. The molecule has 2 aromatic rings. The van der Waals surface area contributed by atoms with Crippen LogP contribution in [0.25, 0.3) is 11.3 Å². The number of aromatic hydroxyl groups is 1. The number of ether oxygens (including phenoxy) is 1. The van der Waals surface area contributed by atoms with Crippen molar-refractivity contribution in [2.45, 2.75) is 25.4 Å². The highest BCUT2D eigenvalue weighted by Gasteiger charge is 2.20. The van der Waals surface area contributed by atoms with Crippen LogP contribution >= 0.6 is 0 Å². The molecule has 1 atom stereocenters. The Morgan fingerprint density at radius 3 is 2.80 bits per heavy atom. The first-order valence-corrected chi connectivity index (χ1v) is 6.79. The van der Waals surface area contributed by atoms with Gasteiger partial charge in [0.15, 0.2) is 5.82 Å². The molecule has 5 nitrogen and oxygen atoms in total. The molecular formula is C15H17N3O2. The molecule has 3 rings (SSSR count). The van der Waals surface area contributed by atoms with E-state index in [9.17, 15) is 5.11 Å². The maximum atomic E-state index is 9.90. The van der Waals surface area contributed by atoms with Gasteiger partial charge in [-0.15, -0.1) is 10.2 Å². The molecule has 0 aliphatic carbocycles. The molecule has 5 heteroatoms. The predicted octanol–water partition coefficient (Wildman–Crippen LogP) is 2.67. The lowest BCUT2D eigenvalue weighted by Crippen LogP contribution is -2.14. The zero-order chi connectivity index (χ0) is 13.9. The van der Waals surface area contributed by atoms with Crippen LogP contribution in [0.5, 0.6) is 5.75 Å². The minimum atomic E-state index is -0.0242. The molecule has 1 unspecified atom stereocenters. The van der Waals surface area contributed by atoms with E-state index in [4.69, 9.17) is 10.5 Å². The summed E-state index contributed by atoms with van der Waals surface area (Å²) in [6.45, 7) is 0.748. The zero-order valence-corrected chi connectivity index (χ0v) is 11.1.